The van der Waals surface area contributed by atoms with Crippen LogP contribution in [0.3, 0.4) is 0 Å². The Kier molecular flexibility index (Phi) is 9.53. The van der Waals surface area contributed by atoms with Crippen LogP contribution in [0.2, 0.25) is 0 Å². The van der Waals surface area contributed by atoms with Crippen LogP contribution < -0.4 is 4.90 Å². The lowest BCUT2D eigenvalue weighted by molar-refractivity contribution is -0.139. The predicted octanol–water partition coefficient (Wildman–Crippen LogP) is 8.31. The van der Waals surface area contributed by atoms with E-state index in [-0.39, 0.29) is 12.6 Å². The van der Waals surface area contributed by atoms with Crippen LogP contribution in [-0.4, -0.2) is 34.6 Å². The molecule has 5 rings (SSSR count). The van der Waals surface area contributed by atoms with E-state index in [4.69, 9.17) is 4.98 Å². The first-order chi connectivity index (χ1) is 19.9. The van der Waals surface area contributed by atoms with E-state index in [2.05, 4.69) is 97.9 Å². The lowest BCUT2D eigenvalue weighted by Gasteiger charge is -2.34. The number of anilines is 1. The first-order valence-electron chi connectivity index (χ1n) is 14.8. The number of aromatic nitrogens is 1. The highest BCUT2D eigenvalue weighted by Crippen LogP contribution is 2.36. The highest BCUT2D eigenvalue weighted by atomic mass is 32.1. The van der Waals surface area contributed by atoms with E-state index in [1.165, 1.54) is 53.6 Å². The molecule has 0 bridgehead atoms. The van der Waals surface area contributed by atoms with E-state index in [0.29, 0.717) is 12.5 Å². The van der Waals surface area contributed by atoms with Crippen molar-refractivity contribution >= 4 is 23.0 Å². The van der Waals surface area contributed by atoms with Crippen molar-refractivity contribution < 1.29 is 9.90 Å². The molecule has 0 aliphatic carbocycles. The Labute approximate surface area is 248 Å². The lowest BCUT2D eigenvalue weighted by atomic mass is 9.90. The van der Waals surface area contributed by atoms with E-state index >= 15 is 0 Å². The normalized spacial score (nSPS) is 15.2. The van der Waals surface area contributed by atoms with Gasteiger partial charge in [0.15, 0.2) is 0 Å². The summed E-state index contributed by atoms with van der Waals surface area (Å²) < 4.78 is 0. The smallest absolute Gasteiger partial charge is 0.317 e. The van der Waals surface area contributed by atoms with Crippen LogP contribution in [-0.2, 0) is 24.3 Å². The summed E-state index contributed by atoms with van der Waals surface area (Å²) in [6.07, 6.45) is 5.75. The Bertz CT molecular complexity index is 1420. The minimum Gasteiger partial charge on any atom is -0.480 e. The zero-order valence-corrected chi connectivity index (χ0v) is 25.2. The summed E-state index contributed by atoms with van der Waals surface area (Å²) in [6.45, 7) is 6.04. The number of aliphatic carboxylic acids is 1. The molecule has 0 radical (unpaired) electrons. The fraction of sp³-hybridized carbons (Fsp3) is 0.371. The molecule has 4 aromatic rings. The highest BCUT2D eigenvalue weighted by molar-refractivity contribution is 7.10. The van der Waals surface area contributed by atoms with Crippen molar-refractivity contribution in [3.8, 4) is 11.3 Å². The number of carboxylic acids is 1. The number of hydrogen-bond donors (Lipinski definition) is 1. The molecule has 0 saturated carbocycles. The van der Waals surface area contributed by atoms with Gasteiger partial charge in [0.2, 0.25) is 0 Å². The second kappa shape index (κ2) is 13.5. The molecule has 5 nitrogen and oxygen atoms in total. The first-order valence-corrected chi connectivity index (χ1v) is 15.7. The number of hydrogen-bond acceptors (Lipinski definition) is 5. The quantitative estimate of drug-likeness (QED) is 0.187. The first kappa shape index (κ1) is 29.0. The molecule has 0 spiro atoms. The topological polar surface area (TPSA) is 56.7 Å². The Morgan fingerprint density at radius 2 is 1.68 bits per heavy atom. The molecule has 3 aromatic carbocycles. The summed E-state index contributed by atoms with van der Waals surface area (Å²) in [7, 11) is 2.14. The maximum absolute atomic E-state index is 11.6. The summed E-state index contributed by atoms with van der Waals surface area (Å²) in [4.78, 5) is 20.9. The number of fused-ring (bicyclic) bond motifs is 1. The van der Waals surface area contributed by atoms with Crippen LogP contribution in [0.4, 0.5) is 5.69 Å². The van der Waals surface area contributed by atoms with Crippen LogP contribution in [0.1, 0.15) is 78.8 Å². The number of rotatable bonds is 12. The van der Waals surface area contributed by atoms with Gasteiger partial charge in [-0.05, 0) is 59.6 Å². The van der Waals surface area contributed by atoms with Crippen molar-refractivity contribution in [2.24, 2.45) is 0 Å². The lowest BCUT2D eigenvalue weighted by Crippen LogP contribution is -2.37. The maximum Gasteiger partial charge on any atom is 0.317 e. The summed E-state index contributed by atoms with van der Waals surface area (Å²) in [5.41, 5.74) is 8.45. The number of nitrogens with zero attached hydrogens (tertiary/aromatic N) is 3. The van der Waals surface area contributed by atoms with Crippen molar-refractivity contribution in [2.45, 2.75) is 71.0 Å². The standard InChI is InChI=1S/C35H41N3O2S/c1-4-8-26(9-5-2)27-14-12-25(13-15-27)21-37(3)31-18-16-28(17-19-31)32-24-41-35(36-32)33-20-29-10-6-7-11-30(29)22-38(33)23-34(39)40/h6-7,10-19,24,26,33H,4-5,8-9,20-23H2,1-3H3,(H,39,40). The van der Waals surface area contributed by atoms with Crippen molar-refractivity contribution in [3.63, 3.8) is 0 Å². The molecule has 0 saturated heterocycles. The van der Waals surface area contributed by atoms with Gasteiger partial charge in [-0.15, -0.1) is 11.3 Å². The van der Waals surface area contributed by atoms with Crippen molar-refractivity contribution in [2.75, 3.05) is 18.5 Å². The molecule has 1 atom stereocenters. The van der Waals surface area contributed by atoms with Gasteiger partial charge < -0.3 is 10.0 Å². The van der Waals surface area contributed by atoms with E-state index in [9.17, 15) is 9.90 Å². The van der Waals surface area contributed by atoms with E-state index in [1.807, 2.05) is 11.0 Å². The third-order valence-corrected chi connectivity index (χ3v) is 9.19. The second-order valence-electron chi connectivity index (χ2n) is 11.3. The summed E-state index contributed by atoms with van der Waals surface area (Å²) >= 11 is 1.62. The molecule has 214 valence electrons. The van der Waals surface area contributed by atoms with Gasteiger partial charge in [-0.25, -0.2) is 4.98 Å². The third kappa shape index (κ3) is 7.06. The van der Waals surface area contributed by atoms with Gasteiger partial charge in [0.25, 0.3) is 0 Å². The molecule has 0 amide bonds. The van der Waals surface area contributed by atoms with Gasteiger partial charge in [0, 0.05) is 36.8 Å². The van der Waals surface area contributed by atoms with Crippen LogP contribution in [0.25, 0.3) is 11.3 Å². The highest BCUT2D eigenvalue weighted by Gasteiger charge is 2.30. The van der Waals surface area contributed by atoms with Crippen LogP contribution in [0.15, 0.2) is 78.2 Å². The molecule has 41 heavy (non-hydrogen) atoms. The molecule has 1 aromatic heterocycles. The zero-order valence-electron chi connectivity index (χ0n) is 24.4. The van der Waals surface area contributed by atoms with Gasteiger partial charge in [0.05, 0.1) is 18.3 Å². The number of benzene rings is 3. The molecule has 1 unspecified atom stereocenters. The maximum atomic E-state index is 11.6. The van der Waals surface area contributed by atoms with Crippen molar-refractivity contribution in [3.05, 3.63) is 105 Å². The van der Waals surface area contributed by atoms with E-state index in [0.717, 1.165) is 29.2 Å². The molecule has 0 fully saturated rings. The molecular weight excluding hydrogens is 526 g/mol. The SMILES string of the molecule is CCCC(CCC)c1ccc(CN(C)c2ccc(-c3csc(C4Cc5ccccc5CN4CC(=O)O)n3)cc2)cc1. The molecular formula is C35H41N3O2S. The molecule has 6 heteroatoms. The van der Waals surface area contributed by atoms with Crippen molar-refractivity contribution in [1.82, 2.24) is 9.88 Å². The van der Waals surface area contributed by atoms with Crippen molar-refractivity contribution in [1.29, 1.82) is 0 Å². The average Bonchev–Trinajstić information content (AvgIpc) is 3.47. The largest absolute Gasteiger partial charge is 0.480 e. The average molecular weight is 568 g/mol. The van der Waals surface area contributed by atoms with Gasteiger partial charge >= 0.3 is 5.97 Å². The Morgan fingerprint density at radius 3 is 2.34 bits per heavy atom. The predicted molar refractivity (Wildman–Crippen MR) is 170 cm³/mol. The Hall–Kier alpha value is -3.48. The summed E-state index contributed by atoms with van der Waals surface area (Å²) in [5.74, 6) is -0.135. The van der Waals surface area contributed by atoms with Gasteiger partial charge in [-0.1, -0.05) is 87.4 Å². The summed E-state index contributed by atoms with van der Waals surface area (Å²) in [5, 5.41) is 12.6. The van der Waals surface area contributed by atoms with E-state index < -0.39 is 5.97 Å². The summed E-state index contributed by atoms with van der Waals surface area (Å²) in [6, 6.07) is 26.1. The molecule has 1 aliphatic heterocycles. The molecule has 1 N–H and O–H groups in total. The van der Waals surface area contributed by atoms with Gasteiger partial charge in [-0.3, -0.25) is 9.69 Å². The Morgan fingerprint density at radius 1 is 1.00 bits per heavy atom. The van der Waals surface area contributed by atoms with Gasteiger partial charge in [-0.2, -0.15) is 0 Å². The zero-order chi connectivity index (χ0) is 28.8. The van der Waals surface area contributed by atoms with Gasteiger partial charge in [0.1, 0.15) is 5.01 Å². The van der Waals surface area contributed by atoms with Crippen LogP contribution in [0, 0.1) is 0 Å². The minimum absolute atomic E-state index is 0.00966. The second-order valence-corrected chi connectivity index (χ2v) is 12.2. The number of carbonyl (C=O) groups is 1. The van der Waals surface area contributed by atoms with Crippen LogP contribution >= 0.6 is 11.3 Å². The van der Waals surface area contributed by atoms with E-state index in [1.54, 1.807) is 11.3 Å². The number of carboxylic acid groups (broad SMARTS) is 1. The number of thiazole rings is 1. The van der Waals surface area contributed by atoms with Crippen LogP contribution in [0.5, 0.6) is 0 Å². The molecule has 1 aliphatic rings. The minimum atomic E-state index is -0.806. The third-order valence-electron chi connectivity index (χ3n) is 8.24. The monoisotopic (exact) mass is 567 g/mol. The fourth-order valence-corrected chi connectivity index (χ4v) is 7.02. The molecule has 2 heterocycles. The fourth-order valence-electron chi connectivity index (χ4n) is 6.06. The Balaban J connectivity index is 1.26.